The Morgan fingerprint density at radius 2 is 1.96 bits per heavy atom. The molecular weight excluding hydrogens is 346 g/mol. The van der Waals surface area contributed by atoms with Crippen LogP contribution in [0, 0.1) is 5.92 Å². The number of methoxy groups -OCH3 is 2. The summed E-state index contributed by atoms with van der Waals surface area (Å²) in [4.78, 5) is 31.3. The van der Waals surface area contributed by atoms with Crippen molar-refractivity contribution in [3.05, 3.63) is 29.8 Å². The molecule has 0 N–H and O–H groups in total. The molecule has 27 heavy (non-hydrogen) atoms. The highest BCUT2D eigenvalue weighted by molar-refractivity contribution is 5.89. The van der Waals surface area contributed by atoms with Crippen LogP contribution in [-0.4, -0.2) is 86.6 Å². The Morgan fingerprint density at radius 1 is 1.19 bits per heavy atom. The van der Waals surface area contributed by atoms with E-state index in [2.05, 4.69) is 4.90 Å². The van der Waals surface area contributed by atoms with Crippen molar-refractivity contribution in [1.29, 1.82) is 0 Å². The quantitative estimate of drug-likeness (QED) is 0.707. The van der Waals surface area contributed by atoms with Crippen LogP contribution < -0.4 is 4.74 Å². The summed E-state index contributed by atoms with van der Waals surface area (Å²) in [5.74, 6) is 0.713. The first-order valence-corrected chi connectivity index (χ1v) is 9.51. The second-order valence-corrected chi connectivity index (χ2v) is 7.19. The molecule has 0 aromatic heterocycles. The van der Waals surface area contributed by atoms with Crippen molar-refractivity contribution in [3.8, 4) is 5.75 Å². The van der Waals surface area contributed by atoms with Gasteiger partial charge in [0.15, 0.2) is 0 Å². The fraction of sp³-hybridized carbons (Fsp3) is 0.600. The monoisotopic (exact) mass is 375 g/mol. The van der Waals surface area contributed by atoms with E-state index in [1.54, 1.807) is 19.1 Å². The molecule has 2 amide bonds. The summed E-state index contributed by atoms with van der Waals surface area (Å²) >= 11 is 0. The van der Waals surface area contributed by atoms with Crippen molar-refractivity contribution in [1.82, 2.24) is 14.7 Å². The number of carbonyl (C=O) groups excluding carboxylic acids is 2. The molecule has 2 saturated heterocycles. The number of nitrogens with zero attached hydrogens (tertiary/aromatic N) is 3. The number of piperazine rings is 1. The minimum Gasteiger partial charge on any atom is -0.497 e. The number of rotatable bonds is 7. The van der Waals surface area contributed by atoms with Crippen LogP contribution in [0.1, 0.15) is 12.0 Å². The Labute approximate surface area is 160 Å². The highest BCUT2D eigenvalue weighted by Gasteiger charge is 2.37. The Hall–Kier alpha value is -2.12. The molecule has 1 atom stereocenters. The number of carbonyl (C=O) groups is 2. The van der Waals surface area contributed by atoms with E-state index in [4.69, 9.17) is 9.47 Å². The Morgan fingerprint density at radius 3 is 2.67 bits per heavy atom. The second kappa shape index (κ2) is 9.19. The maximum absolute atomic E-state index is 12.8. The van der Waals surface area contributed by atoms with Crippen molar-refractivity contribution < 1.29 is 19.1 Å². The van der Waals surface area contributed by atoms with Crippen LogP contribution in [0.5, 0.6) is 5.75 Å². The minimum absolute atomic E-state index is 0.0508. The topological polar surface area (TPSA) is 62.3 Å². The molecule has 1 aromatic carbocycles. The maximum Gasteiger partial charge on any atom is 0.228 e. The zero-order valence-corrected chi connectivity index (χ0v) is 16.2. The third-order valence-electron chi connectivity index (χ3n) is 5.37. The van der Waals surface area contributed by atoms with Gasteiger partial charge in [-0.05, 0) is 17.7 Å². The number of benzene rings is 1. The van der Waals surface area contributed by atoms with Crippen LogP contribution in [-0.2, 0) is 20.9 Å². The van der Waals surface area contributed by atoms with E-state index in [0.29, 0.717) is 26.1 Å². The fourth-order valence-corrected chi connectivity index (χ4v) is 3.75. The lowest BCUT2D eigenvalue weighted by atomic mass is 10.1. The highest BCUT2D eigenvalue weighted by Crippen LogP contribution is 2.24. The molecule has 7 heteroatoms. The lowest BCUT2D eigenvalue weighted by molar-refractivity contribution is -0.137. The summed E-state index contributed by atoms with van der Waals surface area (Å²) in [7, 11) is 3.33. The fourth-order valence-electron chi connectivity index (χ4n) is 3.75. The predicted molar refractivity (Wildman–Crippen MR) is 101 cm³/mol. The van der Waals surface area contributed by atoms with Crippen molar-refractivity contribution in [2.24, 2.45) is 5.92 Å². The first kappa shape index (κ1) is 19.6. The third-order valence-corrected chi connectivity index (χ3v) is 5.37. The van der Waals surface area contributed by atoms with Gasteiger partial charge >= 0.3 is 0 Å². The molecule has 7 nitrogen and oxygen atoms in total. The van der Waals surface area contributed by atoms with Crippen molar-refractivity contribution in [3.63, 3.8) is 0 Å². The van der Waals surface area contributed by atoms with Gasteiger partial charge in [-0.15, -0.1) is 0 Å². The van der Waals surface area contributed by atoms with E-state index in [-0.39, 0.29) is 17.7 Å². The SMILES string of the molecule is COCCN1CCN(C(=O)C2CC(=O)N(Cc3cccc(OC)c3)C2)CC1. The van der Waals surface area contributed by atoms with Crippen LogP contribution in [0.2, 0.25) is 0 Å². The summed E-state index contributed by atoms with van der Waals surface area (Å²) in [6, 6.07) is 7.71. The average Bonchev–Trinajstić information content (AvgIpc) is 3.06. The molecule has 0 bridgehead atoms. The van der Waals surface area contributed by atoms with E-state index in [0.717, 1.165) is 44.0 Å². The normalized spacial score (nSPS) is 21.0. The van der Waals surface area contributed by atoms with Crippen molar-refractivity contribution >= 4 is 11.8 Å². The summed E-state index contributed by atoms with van der Waals surface area (Å²) in [6.45, 7) is 5.81. The van der Waals surface area contributed by atoms with Crippen LogP contribution in [0.15, 0.2) is 24.3 Å². The molecule has 0 spiro atoms. The molecule has 148 valence electrons. The van der Waals surface area contributed by atoms with Gasteiger partial charge < -0.3 is 19.3 Å². The molecule has 3 rings (SSSR count). The zero-order chi connectivity index (χ0) is 19.2. The van der Waals surface area contributed by atoms with Gasteiger partial charge in [-0.25, -0.2) is 0 Å². The lowest BCUT2D eigenvalue weighted by Crippen LogP contribution is -2.51. The number of hydrogen-bond donors (Lipinski definition) is 0. The highest BCUT2D eigenvalue weighted by atomic mass is 16.5. The molecule has 2 heterocycles. The van der Waals surface area contributed by atoms with Crippen molar-refractivity contribution in [2.75, 3.05) is 60.1 Å². The molecule has 1 unspecified atom stereocenters. The first-order valence-electron chi connectivity index (χ1n) is 9.51. The standard InChI is InChI=1S/C20H29N3O4/c1-26-11-10-21-6-8-22(9-7-21)20(25)17-13-19(24)23(15-17)14-16-4-3-5-18(12-16)27-2/h3-5,12,17H,6-11,13-15H2,1-2H3. The Kier molecular flexibility index (Phi) is 6.68. The first-order chi connectivity index (χ1) is 13.1. The molecule has 0 aliphatic carbocycles. The summed E-state index contributed by atoms with van der Waals surface area (Å²) in [5, 5.41) is 0. The smallest absolute Gasteiger partial charge is 0.228 e. The van der Waals surface area contributed by atoms with Gasteiger partial charge in [-0.2, -0.15) is 0 Å². The molecule has 0 saturated carbocycles. The average molecular weight is 375 g/mol. The molecule has 2 aliphatic heterocycles. The maximum atomic E-state index is 12.8. The van der Waals surface area contributed by atoms with Gasteiger partial charge in [0.05, 0.1) is 19.6 Å². The largest absolute Gasteiger partial charge is 0.497 e. The van der Waals surface area contributed by atoms with Crippen LogP contribution in [0.4, 0.5) is 0 Å². The minimum atomic E-state index is -0.228. The predicted octanol–water partition coefficient (Wildman–Crippen LogP) is 0.834. The second-order valence-electron chi connectivity index (χ2n) is 7.19. The van der Waals surface area contributed by atoms with E-state index in [1.807, 2.05) is 29.2 Å². The third kappa shape index (κ3) is 4.99. The number of amides is 2. The summed E-state index contributed by atoms with van der Waals surface area (Å²) < 4.78 is 10.4. The van der Waals surface area contributed by atoms with Gasteiger partial charge in [-0.3, -0.25) is 14.5 Å². The van der Waals surface area contributed by atoms with Gasteiger partial charge in [0.1, 0.15) is 5.75 Å². The molecule has 1 aromatic rings. The molecule has 2 aliphatic rings. The summed E-state index contributed by atoms with van der Waals surface area (Å²) in [5.41, 5.74) is 1.02. The Bertz CT molecular complexity index is 658. The summed E-state index contributed by atoms with van der Waals surface area (Å²) in [6.07, 6.45) is 0.312. The van der Waals surface area contributed by atoms with Crippen LogP contribution in [0.3, 0.4) is 0 Å². The zero-order valence-electron chi connectivity index (χ0n) is 16.2. The van der Waals surface area contributed by atoms with E-state index < -0.39 is 0 Å². The Balaban J connectivity index is 1.51. The number of ether oxygens (including phenoxy) is 2. The van der Waals surface area contributed by atoms with Crippen LogP contribution >= 0.6 is 0 Å². The van der Waals surface area contributed by atoms with E-state index in [1.165, 1.54) is 0 Å². The van der Waals surface area contributed by atoms with Gasteiger partial charge in [0.25, 0.3) is 0 Å². The van der Waals surface area contributed by atoms with Crippen LogP contribution in [0.25, 0.3) is 0 Å². The molecular formula is C20H29N3O4. The molecule has 0 radical (unpaired) electrons. The van der Waals surface area contributed by atoms with Gasteiger partial charge in [0, 0.05) is 59.3 Å². The number of likely N-dealkylation sites (tertiary alicyclic amines) is 1. The van der Waals surface area contributed by atoms with Gasteiger partial charge in [-0.1, -0.05) is 12.1 Å². The van der Waals surface area contributed by atoms with E-state index in [9.17, 15) is 9.59 Å². The lowest BCUT2D eigenvalue weighted by Gasteiger charge is -2.35. The van der Waals surface area contributed by atoms with Gasteiger partial charge in [0.2, 0.25) is 11.8 Å². The van der Waals surface area contributed by atoms with Crippen molar-refractivity contribution in [2.45, 2.75) is 13.0 Å². The number of hydrogen-bond acceptors (Lipinski definition) is 5. The van der Waals surface area contributed by atoms with E-state index >= 15 is 0 Å². The molecule has 2 fully saturated rings.